The van der Waals surface area contributed by atoms with E-state index in [1.807, 2.05) is 0 Å². The van der Waals surface area contributed by atoms with E-state index >= 15 is 0 Å². The topological polar surface area (TPSA) is 112 Å². The number of benzene rings is 1. The molecule has 2 rings (SSSR count). The third-order valence-electron chi connectivity index (χ3n) is 2.36. The third-order valence-corrected chi connectivity index (χ3v) is 4.07. The maximum Gasteiger partial charge on any atom is 0.226 e. The Morgan fingerprint density at radius 3 is 2.28 bits per heavy atom. The summed E-state index contributed by atoms with van der Waals surface area (Å²) in [6, 6.07) is 7.92. The average molecular weight is 264 g/mol. The van der Waals surface area contributed by atoms with Crippen LogP contribution in [-0.4, -0.2) is 18.4 Å². The highest BCUT2D eigenvalue weighted by molar-refractivity contribution is 7.91. The molecular formula is C11H12N4O2S. The Labute approximate surface area is 105 Å². The summed E-state index contributed by atoms with van der Waals surface area (Å²) >= 11 is 0. The number of rotatable bonds is 2. The van der Waals surface area contributed by atoms with Crippen molar-refractivity contribution in [2.75, 3.05) is 11.5 Å². The van der Waals surface area contributed by atoms with E-state index in [2.05, 4.69) is 9.97 Å². The van der Waals surface area contributed by atoms with Crippen molar-refractivity contribution in [1.82, 2.24) is 9.97 Å². The molecular weight excluding hydrogens is 252 g/mol. The molecule has 2 aromatic rings. The van der Waals surface area contributed by atoms with Crippen LogP contribution in [0, 0.1) is 6.92 Å². The van der Waals surface area contributed by atoms with Gasteiger partial charge in [-0.3, -0.25) is 0 Å². The van der Waals surface area contributed by atoms with Crippen LogP contribution in [0.3, 0.4) is 0 Å². The highest BCUT2D eigenvalue weighted by Crippen LogP contribution is 2.26. The van der Waals surface area contributed by atoms with Crippen molar-refractivity contribution in [1.29, 1.82) is 0 Å². The zero-order chi connectivity index (χ0) is 13.3. The summed E-state index contributed by atoms with van der Waals surface area (Å²) in [5, 5.41) is -0.251. The number of sulfone groups is 1. The van der Waals surface area contributed by atoms with E-state index < -0.39 is 9.84 Å². The van der Waals surface area contributed by atoms with Crippen molar-refractivity contribution in [3.63, 3.8) is 0 Å². The van der Waals surface area contributed by atoms with Gasteiger partial charge in [-0.1, -0.05) is 18.2 Å². The van der Waals surface area contributed by atoms with E-state index in [0.717, 1.165) is 0 Å². The van der Waals surface area contributed by atoms with Gasteiger partial charge in [0.2, 0.25) is 9.84 Å². The van der Waals surface area contributed by atoms with E-state index in [4.69, 9.17) is 11.5 Å². The van der Waals surface area contributed by atoms with E-state index in [1.54, 1.807) is 25.1 Å². The Hall–Kier alpha value is -2.15. The predicted octanol–water partition coefficient (Wildman–Crippen LogP) is 0.782. The summed E-state index contributed by atoms with van der Waals surface area (Å²) in [6.07, 6.45) is 0. The standard InChI is InChI=1S/C11H12N4O2S/c1-7-14-10(13)9(12)11(15-7)18(16,17)8-5-3-2-4-6-8/h2-6H,12H2,1H3,(H2,13,14,15). The largest absolute Gasteiger partial charge is 0.393 e. The average Bonchev–Trinajstić information content (AvgIpc) is 2.34. The summed E-state index contributed by atoms with van der Waals surface area (Å²) in [7, 11) is -3.77. The summed E-state index contributed by atoms with van der Waals surface area (Å²) in [5.74, 6) is 0.230. The molecule has 0 spiro atoms. The first-order valence-electron chi connectivity index (χ1n) is 5.12. The first-order valence-corrected chi connectivity index (χ1v) is 6.61. The second kappa shape index (κ2) is 4.26. The van der Waals surface area contributed by atoms with Crippen LogP contribution < -0.4 is 11.5 Å². The molecule has 0 aliphatic carbocycles. The van der Waals surface area contributed by atoms with Crippen LogP contribution in [0.1, 0.15) is 5.82 Å². The molecule has 4 N–H and O–H groups in total. The number of nitrogens with zero attached hydrogens (tertiary/aromatic N) is 2. The van der Waals surface area contributed by atoms with Gasteiger partial charge >= 0.3 is 0 Å². The van der Waals surface area contributed by atoms with E-state index in [9.17, 15) is 8.42 Å². The van der Waals surface area contributed by atoms with Crippen LogP contribution in [-0.2, 0) is 9.84 Å². The number of aromatic nitrogens is 2. The van der Waals surface area contributed by atoms with Crippen LogP contribution in [0.5, 0.6) is 0 Å². The molecule has 0 atom stereocenters. The molecule has 1 heterocycles. The molecule has 0 amide bonds. The lowest BCUT2D eigenvalue weighted by atomic mass is 10.4. The zero-order valence-corrected chi connectivity index (χ0v) is 10.5. The number of nitrogens with two attached hydrogens (primary N) is 2. The normalized spacial score (nSPS) is 11.4. The smallest absolute Gasteiger partial charge is 0.226 e. The molecule has 18 heavy (non-hydrogen) atoms. The Morgan fingerprint density at radius 2 is 1.67 bits per heavy atom. The van der Waals surface area contributed by atoms with Crippen molar-refractivity contribution in [3.05, 3.63) is 36.2 Å². The van der Waals surface area contributed by atoms with Crippen molar-refractivity contribution in [2.24, 2.45) is 0 Å². The Bertz CT molecular complexity index is 684. The molecule has 0 bridgehead atoms. The van der Waals surface area contributed by atoms with Crippen molar-refractivity contribution in [3.8, 4) is 0 Å². The molecule has 94 valence electrons. The molecule has 0 fully saturated rings. The summed E-state index contributed by atoms with van der Waals surface area (Å²) in [6.45, 7) is 1.56. The van der Waals surface area contributed by atoms with Crippen LogP contribution in [0.15, 0.2) is 40.3 Å². The maximum atomic E-state index is 12.3. The Balaban J connectivity index is 2.70. The number of hydrogen-bond donors (Lipinski definition) is 2. The number of aryl methyl sites for hydroxylation is 1. The number of hydrogen-bond acceptors (Lipinski definition) is 6. The second-order valence-corrected chi connectivity index (χ2v) is 5.56. The molecule has 0 aliphatic heterocycles. The maximum absolute atomic E-state index is 12.3. The quantitative estimate of drug-likeness (QED) is 0.775. The van der Waals surface area contributed by atoms with Gasteiger partial charge in [0.15, 0.2) is 10.8 Å². The van der Waals surface area contributed by atoms with Gasteiger partial charge < -0.3 is 11.5 Å². The van der Waals surface area contributed by atoms with Crippen molar-refractivity contribution in [2.45, 2.75) is 16.8 Å². The Morgan fingerprint density at radius 1 is 1.06 bits per heavy atom. The van der Waals surface area contributed by atoms with Gasteiger partial charge in [-0.15, -0.1) is 0 Å². The van der Waals surface area contributed by atoms with E-state index in [-0.39, 0.29) is 27.3 Å². The van der Waals surface area contributed by atoms with Gasteiger partial charge in [0.25, 0.3) is 0 Å². The fourth-order valence-corrected chi connectivity index (χ4v) is 2.88. The first kappa shape index (κ1) is 12.3. The number of anilines is 2. The summed E-state index contributed by atoms with van der Waals surface area (Å²) in [4.78, 5) is 7.82. The van der Waals surface area contributed by atoms with E-state index in [0.29, 0.717) is 0 Å². The van der Waals surface area contributed by atoms with Crippen LogP contribution >= 0.6 is 0 Å². The van der Waals surface area contributed by atoms with Gasteiger partial charge in [-0.05, 0) is 19.1 Å². The van der Waals surface area contributed by atoms with E-state index in [1.165, 1.54) is 12.1 Å². The fourth-order valence-electron chi connectivity index (χ4n) is 1.49. The minimum atomic E-state index is -3.77. The van der Waals surface area contributed by atoms with Crippen LogP contribution in [0.25, 0.3) is 0 Å². The molecule has 7 heteroatoms. The molecule has 0 unspecified atom stereocenters. The van der Waals surface area contributed by atoms with Gasteiger partial charge in [0, 0.05) is 0 Å². The SMILES string of the molecule is Cc1nc(N)c(N)c(S(=O)(=O)c2ccccc2)n1. The third kappa shape index (κ3) is 2.00. The first-order chi connectivity index (χ1) is 8.43. The zero-order valence-electron chi connectivity index (χ0n) is 9.66. The molecule has 1 aromatic carbocycles. The van der Waals surface area contributed by atoms with Gasteiger partial charge in [-0.2, -0.15) is 0 Å². The molecule has 6 nitrogen and oxygen atoms in total. The highest BCUT2D eigenvalue weighted by Gasteiger charge is 2.24. The molecule has 0 saturated heterocycles. The van der Waals surface area contributed by atoms with Crippen LogP contribution in [0.4, 0.5) is 11.5 Å². The van der Waals surface area contributed by atoms with Crippen molar-refractivity contribution < 1.29 is 8.42 Å². The lowest BCUT2D eigenvalue weighted by Crippen LogP contribution is -2.12. The monoisotopic (exact) mass is 264 g/mol. The van der Waals surface area contributed by atoms with Crippen molar-refractivity contribution >= 4 is 21.3 Å². The summed E-state index contributed by atoms with van der Waals surface area (Å²) < 4.78 is 24.7. The van der Waals surface area contributed by atoms with Crippen LogP contribution in [0.2, 0.25) is 0 Å². The second-order valence-electron chi connectivity index (χ2n) is 3.69. The molecule has 0 saturated carbocycles. The predicted molar refractivity (Wildman–Crippen MR) is 67.5 cm³/mol. The lowest BCUT2D eigenvalue weighted by molar-refractivity contribution is 0.592. The van der Waals surface area contributed by atoms with Gasteiger partial charge in [-0.25, -0.2) is 18.4 Å². The number of nitrogen functional groups attached to an aromatic ring is 2. The summed E-state index contributed by atoms with van der Waals surface area (Å²) in [5.41, 5.74) is 11.1. The molecule has 0 aliphatic rings. The molecule has 0 radical (unpaired) electrons. The van der Waals surface area contributed by atoms with Gasteiger partial charge in [0.1, 0.15) is 11.5 Å². The fraction of sp³-hybridized carbons (Fsp3) is 0.0909. The minimum Gasteiger partial charge on any atom is -0.393 e. The molecule has 1 aromatic heterocycles. The lowest BCUT2D eigenvalue weighted by Gasteiger charge is -2.08. The highest BCUT2D eigenvalue weighted by atomic mass is 32.2. The van der Waals surface area contributed by atoms with Gasteiger partial charge in [0.05, 0.1) is 4.90 Å². The minimum absolute atomic E-state index is 0.0305. The Kier molecular flexibility index (Phi) is 2.92.